The molecule has 0 aliphatic heterocycles. The van der Waals surface area contributed by atoms with Crippen molar-refractivity contribution >= 4 is 18.5 Å². The molecule has 1 nitrogen and oxygen atoms in total. The first-order valence-electron chi connectivity index (χ1n) is 7.12. The minimum Gasteiger partial charge on any atom is -0.198 e. The summed E-state index contributed by atoms with van der Waals surface area (Å²) in [6.45, 7) is 4.46. The first-order chi connectivity index (χ1) is 8.06. The maximum atomic E-state index is 8.39. The van der Waals surface area contributed by atoms with Gasteiger partial charge in [-0.2, -0.15) is 16.3 Å². The van der Waals surface area contributed by atoms with E-state index in [1.165, 1.54) is 57.4 Å². The van der Waals surface area contributed by atoms with Crippen molar-refractivity contribution in [2.45, 2.75) is 83.3 Å². The van der Waals surface area contributed by atoms with E-state index in [0.29, 0.717) is 0 Å². The van der Waals surface area contributed by atoms with Crippen LogP contribution in [0.5, 0.6) is 0 Å². The van der Waals surface area contributed by atoms with Gasteiger partial charge in [-0.3, -0.25) is 0 Å². The highest BCUT2D eigenvalue weighted by Crippen LogP contribution is 2.19. The van der Waals surface area contributed by atoms with Crippen LogP contribution in [-0.4, -0.2) is 7.38 Å². The highest BCUT2D eigenvalue weighted by Gasteiger charge is 2.15. The second-order valence-corrected chi connectivity index (χ2v) is 12.6. The molecule has 3 heteroatoms. The summed E-state index contributed by atoms with van der Waals surface area (Å²) in [7, 11) is -1.31. The van der Waals surface area contributed by atoms with Gasteiger partial charge in [-0.1, -0.05) is 64.5 Å². The second kappa shape index (κ2) is 11.1. The van der Waals surface area contributed by atoms with Crippen LogP contribution in [0.15, 0.2) is 0 Å². The normalized spacial score (nSPS) is 11.4. The van der Waals surface area contributed by atoms with Gasteiger partial charge in [0.2, 0.25) is 0 Å². The van der Waals surface area contributed by atoms with Crippen molar-refractivity contribution < 1.29 is 0 Å². The van der Waals surface area contributed by atoms with E-state index in [1.807, 2.05) is 0 Å². The van der Waals surface area contributed by atoms with Crippen molar-refractivity contribution in [1.82, 2.24) is 0 Å². The highest BCUT2D eigenvalue weighted by molar-refractivity contribution is 7.19. The average molecular weight is 274 g/mol. The Balaban J connectivity index is 3.02. The molecule has 17 heavy (non-hydrogen) atoms. The Hall–Kier alpha value is -0.00312. The number of hydrogen-bond acceptors (Lipinski definition) is 1. The number of halogens is 1. The van der Waals surface area contributed by atoms with Crippen molar-refractivity contribution in [2.24, 2.45) is 0 Å². The predicted octanol–water partition coefficient (Wildman–Crippen LogP) is 5.85. The molecule has 0 aromatic rings. The smallest absolute Gasteiger partial charge is 0.150 e. The van der Waals surface area contributed by atoms with Crippen molar-refractivity contribution in [3.63, 3.8) is 0 Å². The molecule has 0 atom stereocenters. The first-order valence-corrected chi connectivity index (χ1v) is 11.3. The van der Waals surface area contributed by atoms with Gasteiger partial charge >= 0.3 is 0 Å². The Bertz CT molecular complexity index is 205. The molecular weight excluding hydrogens is 246 g/mol. The molecule has 0 unspecified atom stereocenters. The molecule has 0 radical (unpaired) electrons. The molecule has 0 aliphatic carbocycles. The third kappa shape index (κ3) is 16.0. The van der Waals surface area contributed by atoms with Gasteiger partial charge in [-0.15, -0.1) is 0 Å². The maximum absolute atomic E-state index is 8.39. The minimum atomic E-state index is -1.31. The van der Waals surface area contributed by atoms with Crippen LogP contribution in [0.1, 0.15) is 64.2 Å². The van der Waals surface area contributed by atoms with Crippen LogP contribution in [0, 0.1) is 11.3 Å². The third-order valence-electron chi connectivity index (χ3n) is 3.06. The Morgan fingerprint density at radius 3 is 1.65 bits per heavy atom. The lowest BCUT2D eigenvalue weighted by atomic mass is 10.1. The van der Waals surface area contributed by atoms with Gasteiger partial charge in [0.1, 0.15) is 7.38 Å². The summed E-state index contributed by atoms with van der Waals surface area (Å²) in [6.07, 6.45) is 12.5. The monoisotopic (exact) mass is 273 g/mol. The van der Waals surface area contributed by atoms with E-state index in [0.717, 1.165) is 12.8 Å². The molecule has 0 aromatic heterocycles. The van der Waals surface area contributed by atoms with Crippen LogP contribution in [0.4, 0.5) is 0 Å². The van der Waals surface area contributed by atoms with Gasteiger partial charge in [0.05, 0.1) is 6.07 Å². The van der Waals surface area contributed by atoms with E-state index in [9.17, 15) is 0 Å². The quantitative estimate of drug-likeness (QED) is 0.263. The van der Waals surface area contributed by atoms with E-state index in [4.69, 9.17) is 16.3 Å². The number of nitrogens with zero attached hydrogens (tertiary/aromatic N) is 1. The summed E-state index contributed by atoms with van der Waals surface area (Å²) in [4.78, 5) is 0. The molecule has 100 valence electrons. The fourth-order valence-electron chi connectivity index (χ4n) is 1.99. The topological polar surface area (TPSA) is 23.8 Å². The van der Waals surface area contributed by atoms with E-state index >= 15 is 0 Å². The fraction of sp³-hybridized carbons (Fsp3) is 0.929. The van der Waals surface area contributed by atoms with E-state index in [-0.39, 0.29) is 0 Å². The average Bonchev–Trinajstić information content (AvgIpc) is 2.24. The van der Waals surface area contributed by atoms with Crippen LogP contribution in [0.25, 0.3) is 0 Å². The van der Waals surface area contributed by atoms with Crippen molar-refractivity contribution in [2.75, 3.05) is 0 Å². The second-order valence-electron chi connectivity index (χ2n) is 5.56. The summed E-state index contributed by atoms with van der Waals surface area (Å²) in [5.74, 6) is 0. The Labute approximate surface area is 113 Å². The molecule has 0 aromatic carbocycles. The molecular formula is C14H28ClNSi. The molecule has 0 heterocycles. The maximum Gasteiger partial charge on any atom is 0.150 e. The lowest BCUT2D eigenvalue weighted by molar-refractivity contribution is 0.566. The van der Waals surface area contributed by atoms with Crippen molar-refractivity contribution in [1.29, 1.82) is 5.26 Å². The summed E-state index contributed by atoms with van der Waals surface area (Å²) in [5, 5.41) is 8.39. The van der Waals surface area contributed by atoms with E-state index < -0.39 is 7.38 Å². The van der Waals surface area contributed by atoms with E-state index in [2.05, 4.69) is 19.2 Å². The lowest BCUT2D eigenvalue weighted by Crippen LogP contribution is -2.14. The van der Waals surface area contributed by atoms with Gasteiger partial charge in [0, 0.05) is 6.42 Å². The van der Waals surface area contributed by atoms with Crippen LogP contribution in [0.2, 0.25) is 19.1 Å². The molecule has 0 aliphatic rings. The molecule has 0 spiro atoms. The molecule has 0 N–H and O–H groups in total. The number of rotatable bonds is 11. The standard InChI is InChI=1S/C14H28ClNSi/c1-17(2,15)14-12-10-8-6-4-3-5-7-9-11-13-16/h3-12,14H2,1-2H3. The predicted molar refractivity (Wildman–Crippen MR) is 79.9 cm³/mol. The van der Waals surface area contributed by atoms with E-state index in [1.54, 1.807) is 0 Å². The van der Waals surface area contributed by atoms with Crippen LogP contribution in [0.3, 0.4) is 0 Å². The molecule has 0 fully saturated rings. The number of unbranched alkanes of at least 4 members (excludes halogenated alkanes) is 9. The van der Waals surface area contributed by atoms with Crippen LogP contribution < -0.4 is 0 Å². The molecule has 0 saturated heterocycles. The van der Waals surface area contributed by atoms with Crippen molar-refractivity contribution in [3.8, 4) is 6.07 Å². The summed E-state index contributed by atoms with van der Waals surface area (Å²) in [5.41, 5.74) is 0. The first kappa shape index (κ1) is 17.0. The third-order valence-corrected chi connectivity index (χ3v) is 5.17. The van der Waals surface area contributed by atoms with Gasteiger partial charge in [-0.05, 0) is 12.5 Å². The molecule has 0 bridgehead atoms. The number of hydrogen-bond donors (Lipinski definition) is 0. The summed E-state index contributed by atoms with van der Waals surface area (Å²) >= 11 is 6.27. The Kier molecular flexibility index (Phi) is 11.1. The lowest BCUT2D eigenvalue weighted by Gasteiger charge is -2.11. The molecule has 0 amide bonds. The zero-order valence-corrected chi connectivity index (χ0v) is 13.4. The van der Waals surface area contributed by atoms with Crippen molar-refractivity contribution in [3.05, 3.63) is 0 Å². The fourth-order valence-corrected chi connectivity index (χ4v) is 3.48. The van der Waals surface area contributed by atoms with Crippen LogP contribution in [-0.2, 0) is 0 Å². The largest absolute Gasteiger partial charge is 0.198 e. The minimum absolute atomic E-state index is 0.734. The van der Waals surface area contributed by atoms with Crippen LogP contribution >= 0.6 is 11.1 Å². The Morgan fingerprint density at radius 2 is 1.24 bits per heavy atom. The molecule has 0 rings (SSSR count). The van der Waals surface area contributed by atoms with Gasteiger partial charge in [0.25, 0.3) is 0 Å². The number of nitriles is 1. The summed E-state index contributed by atoms with van der Waals surface area (Å²) in [6, 6.07) is 3.46. The zero-order chi connectivity index (χ0) is 13.0. The zero-order valence-electron chi connectivity index (χ0n) is 11.6. The van der Waals surface area contributed by atoms with Gasteiger partial charge in [-0.25, -0.2) is 0 Å². The molecule has 0 saturated carbocycles. The highest BCUT2D eigenvalue weighted by atomic mass is 35.6. The Morgan fingerprint density at radius 1 is 0.824 bits per heavy atom. The van der Waals surface area contributed by atoms with Gasteiger partial charge in [0.15, 0.2) is 0 Å². The SMILES string of the molecule is C[Si](C)(Cl)CCCCCCCCCCCC#N. The summed E-state index contributed by atoms with van der Waals surface area (Å²) < 4.78 is 0. The van der Waals surface area contributed by atoms with Gasteiger partial charge < -0.3 is 0 Å².